The molecule has 0 aliphatic heterocycles. The first kappa shape index (κ1) is 16.1. The fourth-order valence-electron chi connectivity index (χ4n) is 1.64. The van der Waals surface area contributed by atoms with Crippen LogP contribution in [0.2, 0.25) is 0 Å². The van der Waals surface area contributed by atoms with E-state index >= 15 is 0 Å². The fourth-order valence-corrected chi connectivity index (χ4v) is 1.64. The summed E-state index contributed by atoms with van der Waals surface area (Å²) in [6.07, 6.45) is 1.56. The first-order valence-electron chi connectivity index (χ1n) is 7.17. The number of hydrogen-bond donors (Lipinski definition) is 1. The molecule has 1 aromatic heterocycles. The molecule has 0 atom stereocenters. The number of nitrogens with zero attached hydrogens (tertiary/aromatic N) is 1. The van der Waals surface area contributed by atoms with Crippen molar-refractivity contribution in [3.05, 3.63) is 103 Å². The molecule has 1 aromatic carbocycles. The summed E-state index contributed by atoms with van der Waals surface area (Å²) in [6.45, 7) is 0. The van der Waals surface area contributed by atoms with Gasteiger partial charge in [-0.15, -0.1) is 5.10 Å². The third kappa shape index (κ3) is 6.82. The van der Waals surface area contributed by atoms with Gasteiger partial charge in [-0.3, -0.25) is 4.58 Å². The second kappa shape index (κ2) is 10.5. The van der Waals surface area contributed by atoms with Gasteiger partial charge in [0.1, 0.15) is 0 Å². The van der Waals surface area contributed by atoms with Crippen LogP contribution in [0.3, 0.4) is 0 Å². The number of para-hydroxylation sites is 1. The maximum atomic E-state index is 5.19. The van der Waals surface area contributed by atoms with Gasteiger partial charge in [-0.1, -0.05) is 90.2 Å². The Hall–Kier alpha value is -3.27. The molecule has 4 nitrogen and oxygen atoms in total. The van der Waals surface area contributed by atoms with Crippen molar-refractivity contribution in [2.45, 2.75) is 0 Å². The third-order valence-corrected chi connectivity index (χ3v) is 2.69. The van der Waals surface area contributed by atoms with Gasteiger partial charge in [-0.2, -0.15) is 4.68 Å². The van der Waals surface area contributed by atoms with Gasteiger partial charge in [0.2, 0.25) is 0 Å². The van der Waals surface area contributed by atoms with E-state index in [4.69, 9.17) is 9.26 Å². The van der Waals surface area contributed by atoms with Gasteiger partial charge in [-0.05, 0) is 12.1 Å². The van der Waals surface area contributed by atoms with Crippen LogP contribution in [0, 0.1) is 0 Å². The zero-order chi connectivity index (χ0) is 16.0. The van der Waals surface area contributed by atoms with Crippen LogP contribution < -0.4 is 0 Å². The van der Waals surface area contributed by atoms with Gasteiger partial charge >= 0.3 is 0 Å². The average Bonchev–Trinajstić information content (AvgIpc) is 2.58. The molecule has 0 bridgehead atoms. The lowest BCUT2D eigenvalue weighted by Gasteiger charge is -1.87. The van der Waals surface area contributed by atoms with Crippen molar-refractivity contribution in [1.29, 1.82) is 0 Å². The van der Waals surface area contributed by atoms with Crippen molar-refractivity contribution in [3.8, 4) is 0 Å². The molecule has 0 spiro atoms. The van der Waals surface area contributed by atoms with Crippen molar-refractivity contribution < 1.29 is 9.26 Å². The van der Waals surface area contributed by atoms with E-state index in [1.165, 1.54) is 0 Å². The number of aromatic amines is 1. The summed E-state index contributed by atoms with van der Waals surface area (Å²) in [5, 5.41) is 7.07. The van der Waals surface area contributed by atoms with E-state index in [1.54, 1.807) is 12.3 Å². The summed E-state index contributed by atoms with van der Waals surface area (Å²) in [7, 11) is 0. The highest BCUT2D eigenvalue weighted by atomic mass is 17.0. The molecule has 0 aliphatic rings. The van der Waals surface area contributed by atoms with Crippen molar-refractivity contribution in [3.63, 3.8) is 0 Å². The Balaban J connectivity index is 2.51. The molecule has 1 heterocycles. The second-order valence-corrected chi connectivity index (χ2v) is 4.36. The molecule has 1 N–H and O–H groups in total. The minimum absolute atomic E-state index is 0.592. The summed E-state index contributed by atoms with van der Waals surface area (Å²) < 4.78 is 10.0. The minimum atomic E-state index is 0.592. The molecule has 2 rings (SSSR count). The highest BCUT2D eigenvalue weighted by Crippen LogP contribution is 2.08. The quantitative estimate of drug-likeness (QED) is 0.677. The lowest BCUT2D eigenvalue weighted by Crippen LogP contribution is -1.69. The first-order valence-corrected chi connectivity index (χ1v) is 7.17. The standard InChI is InChI=1S/C19H18N2O2/c1-2-4-6-8-10-14-18-15-11-12-16-19(18)22-23-21-20-17-13-9-7-5-3-1/h1-17,21H. The van der Waals surface area contributed by atoms with Crippen molar-refractivity contribution in [1.82, 2.24) is 10.4 Å². The molecule has 4 heteroatoms. The van der Waals surface area contributed by atoms with E-state index in [0.717, 1.165) is 5.39 Å². The van der Waals surface area contributed by atoms with Crippen LogP contribution >= 0.6 is 0 Å². The maximum Gasteiger partial charge on any atom is 0.188 e. The first-order chi connectivity index (χ1) is 11.5. The van der Waals surface area contributed by atoms with E-state index in [0.29, 0.717) is 5.58 Å². The van der Waals surface area contributed by atoms with E-state index in [1.807, 2.05) is 91.0 Å². The molecular weight excluding hydrogens is 288 g/mol. The normalized spacial score (nSPS) is 8.87. The highest BCUT2D eigenvalue weighted by molar-refractivity contribution is 5.74. The van der Waals surface area contributed by atoms with Gasteiger partial charge in [-0.25, -0.2) is 0 Å². The number of rotatable bonds is 0. The number of benzene rings is 1. The number of hydrogen-bond acceptors (Lipinski definition) is 3. The van der Waals surface area contributed by atoms with Crippen molar-refractivity contribution in [2.75, 3.05) is 0 Å². The lowest BCUT2D eigenvalue weighted by atomic mass is 10.2. The SMILES string of the molecule is c1ccccccn[nH]ooc2ccccc2cccccc1. The second-order valence-electron chi connectivity index (χ2n) is 4.36. The molecule has 23 heavy (non-hydrogen) atoms. The van der Waals surface area contributed by atoms with Crippen LogP contribution in [0.15, 0.2) is 113 Å². The number of H-pyrrole nitrogens is 1. The summed E-state index contributed by atoms with van der Waals surface area (Å²) in [6, 6.07) is 30.6. The van der Waals surface area contributed by atoms with Crippen LogP contribution in [0.1, 0.15) is 0 Å². The molecule has 116 valence electrons. The largest absolute Gasteiger partial charge is 0.267 e. The molecule has 0 fully saturated rings. The number of fused-ring (bicyclic) bond motifs is 1. The number of nitrogens with one attached hydrogen (secondary N) is 1. The Morgan fingerprint density at radius 1 is 0.609 bits per heavy atom. The molecule has 0 saturated heterocycles. The van der Waals surface area contributed by atoms with E-state index in [-0.39, 0.29) is 0 Å². The van der Waals surface area contributed by atoms with Crippen molar-refractivity contribution >= 4 is 11.0 Å². The lowest BCUT2D eigenvalue weighted by molar-refractivity contribution is -0.00347. The molecular formula is C19H18N2O2. The molecule has 0 saturated carbocycles. The molecule has 0 unspecified atom stereocenters. The Morgan fingerprint density at radius 2 is 1.13 bits per heavy atom. The van der Waals surface area contributed by atoms with Crippen LogP contribution in [-0.2, 0) is 0 Å². The zero-order valence-corrected chi connectivity index (χ0v) is 12.6. The van der Waals surface area contributed by atoms with E-state index in [9.17, 15) is 0 Å². The predicted octanol–water partition coefficient (Wildman–Crippen LogP) is 5.25. The Bertz CT molecular complexity index is 749. The van der Waals surface area contributed by atoms with E-state index in [2.05, 4.69) is 10.4 Å². The van der Waals surface area contributed by atoms with Crippen LogP contribution in [-0.4, -0.2) is 10.4 Å². The van der Waals surface area contributed by atoms with Crippen LogP contribution in [0.4, 0.5) is 0 Å². The summed E-state index contributed by atoms with van der Waals surface area (Å²) in [5.41, 5.74) is 0.592. The monoisotopic (exact) mass is 306 g/mol. The molecule has 0 radical (unpaired) electrons. The van der Waals surface area contributed by atoms with Crippen LogP contribution in [0.25, 0.3) is 11.0 Å². The maximum absolute atomic E-state index is 5.19. The van der Waals surface area contributed by atoms with Gasteiger partial charge in [0.15, 0.2) is 5.58 Å². The zero-order valence-electron chi connectivity index (χ0n) is 12.6. The highest BCUT2D eigenvalue weighted by Gasteiger charge is 1.87. The van der Waals surface area contributed by atoms with Gasteiger partial charge in [0, 0.05) is 5.39 Å². The van der Waals surface area contributed by atoms with Gasteiger partial charge in [0.25, 0.3) is 0 Å². The third-order valence-electron chi connectivity index (χ3n) is 2.69. The Morgan fingerprint density at radius 3 is 1.83 bits per heavy atom. The van der Waals surface area contributed by atoms with Gasteiger partial charge < -0.3 is 0 Å². The smallest absolute Gasteiger partial charge is 0.188 e. The molecule has 0 amide bonds. The Kier molecular flexibility index (Phi) is 7.32. The van der Waals surface area contributed by atoms with Crippen molar-refractivity contribution in [2.24, 2.45) is 0 Å². The average molecular weight is 306 g/mol. The van der Waals surface area contributed by atoms with E-state index < -0.39 is 0 Å². The molecule has 0 aliphatic carbocycles. The summed E-state index contributed by atoms with van der Waals surface area (Å²) >= 11 is 0. The van der Waals surface area contributed by atoms with Gasteiger partial charge in [0.05, 0.1) is 6.20 Å². The predicted molar refractivity (Wildman–Crippen MR) is 91.1 cm³/mol. The summed E-state index contributed by atoms with van der Waals surface area (Å²) in [5.74, 6) is 0. The molecule has 2 aromatic rings. The summed E-state index contributed by atoms with van der Waals surface area (Å²) in [4.78, 5) is 0. The topological polar surface area (TPSA) is 55.0 Å². The minimum Gasteiger partial charge on any atom is -0.267 e. The van der Waals surface area contributed by atoms with Crippen LogP contribution in [0.5, 0.6) is 0 Å². The number of aromatic nitrogens is 2. The Labute approximate surface area is 134 Å². The fraction of sp³-hybridized carbons (Fsp3) is 0.